The maximum absolute atomic E-state index is 12.9. The molecule has 0 radical (unpaired) electrons. The van der Waals surface area contributed by atoms with Crippen LogP contribution in [0.3, 0.4) is 0 Å². The number of carbonyl (C=O) groups is 2. The number of nitrogens with zero attached hydrogens (tertiary/aromatic N) is 5. The van der Waals surface area contributed by atoms with Crippen molar-refractivity contribution in [3.05, 3.63) is 80.5 Å². The van der Waals surface area contributed by atoms with E-state index in [4.69, 9.17) is 32.2 Å². The lowest BCUT2D eigenvalue weighted by Gasteiger charge is -2.20. The quantitative estimate of drug-likeness (QED) is 0.336. The van der Waals surface area contributed by atoms with E-state index in [-0.39, 0.29) is 16.1 Å². The van der Waals surface area contributed by atoms with Crippen molar-refractivity contribution in [3.8, 4) is 5.69 Å². The molecule has 0 atom stereocenters. The summed E-state index contributed by atoms with van der Waals surface area (Å²) in [6.45, 7) is 2.91. The van der Waals surface area contributed by atoms with E-state index < -0.39 is 29.1 Å². The molecule has 4 aromatic rings. The van der Waals surface area contributed by atoms with Crippen molar-refractivity contribution in [2.24, 2.45) is 0 Å². The van der Waals surface area contributed by atoms with E-state index in [2.05, 4.69) is 9.97 Å². The van der Waals surface area contributed by atoms with Crippen molar-refractivity contribution >= 4 is 46.2 Å². The topological polar surface area (TPSA) is 165 Å². The lowest BCUT2D eigenvalue weighted by molar-refractivity contribution is -0.192. The van der Waals surface area contributed by atoms with Crippen molar-refractivity contribution in [2.75, 3.05) is 10.6 Å². The van der Waals surface area contributed by atoms with Crippen LogP contribution in [-0.4, -0.2) is 47.8 Å². The Morgan fingerprint density at radius 1 is 1.15 bits per heavy atom. The number of alkyl halides is 3. The second-order valence-electron chi connectivity index (χ2n) is 8.38. The smallest absolute Gasteiger partial charge is 0.477 e. The monoisotopic (exact) mass is 562 g/mol. The second-order valence-corrected chi connectivity index (χ2v) is 8.78. The molecule has 5 heterocycles. The molecule has 0 aromatic carbocycles. The van der Waals surface area contributed by atoms with E-state index in [0.29, 0.717) is 30.4 Å². The van der Waals surface area contributed by atoms with E-state index in [1.165, 1.54) is 18.5 Å². The van der Waals surface area contributed by atoms with Gasteiger partial charge in [-0.05, 0) is 36.2 Å². The lowest BCUT2D eigenvalue weighted by Crippen LogP contribution is -2.22. The summed E-state index contributed by atoms with van der Waals surface area (Å²) in [5, 5.41) is 17.1. The summed E-state index contributed by atoms with van der Waals surface area (Å²) in [7, 11) is 0. The van der Waals surface area contributed by atoms with Crippen LogP contribution in [0.4, 0.5) is 24.8 Å². The number of halogens is 4. The Hall–Kier alpha value is -4.72. The number of pyridine rings is 4. The number of aryl methyl sites for hydroxylation is 1. The fourth-order valence-electron chi connectivity index (χ4n) is 3.94. The molecule has 1 aliphatic rings. The minimum atomic E-state index is -5.08. The van der Waals surface area contributed by atoms with E-state index in [1.54, 1.807) is 16.8 Å². The Bertz CT molecular complexity index is 1670. The van der Waals surface area contributed by atoms with Gasteiger partial charge in [0.2, 0.25) is 5.43 Å². The number of hydrogen-bond donors (Lipinski definition) is 3. The third-order valence-electron chi connectivity index (χ3n) is 5.74. The summed E-state index contributed by atoms with van der Waals surface area (Å²) >= 11 is 6.53. The molecule has 39 heavy (non-hydrogen) atoms. The van der Waals surface area contributed by atoms with Gasteiger partial charge < -0.3 is 20.8 Å². The number of aliphatic carboxylic acids is 1. The number of anilines is 2. The van der Waals surface area contributed by atoms with Gasteiger partial charge in [-0.2, -0.15) is 13.2 Å². The number of carboxylic acid groups (broad SMARTS) is 2. The average molecular weight is 563 g/mol. The van der Waals surface area contributed by atoms with E-state index in [9.17, 15) is 27.9 Å². The molecule has 1 aliphatic heterocycles. The van der Waals surface area contributed by atoms with Crippen LogP contribution in [0.15, 0.2) is 47.7 Å². The van der Waals surface area contributed by atoms with Crippen LogP contribution in [-0.2, 0) is 17.9 Å². The highest BCUT2D eigenvalue weighted by Crippen LogP contribution is 2.33. The Kier molecular flexibility index (Phi) is 7.15. The number of fused-ring (bicyclic) bond motifs is 2. The van der Waals surface area contributed by atoms with Crippen LogP contribution < -0.4 is 16.1 Å². The van der Waals surface area contributed by atoms with Gasteiger partial charge in [-0.1, -0.05) is 17.7 Å². The molecule has 0 unspecified atom stereocenters. The van der Waals surface area contributed by atoms with Gasteiger partial charge in [0.05, 0.1) is 34.5 Å². The zero-order chi connectivity index (χ0) is 28.6. The standard InChI is InChI=1S/C22H17ClN6O3.C2HF3O2/c1-11-5-18(24)26-7-17(11)29-9-14(22(31)32)19(30)13-6-15(23)21(27-20(13)29)28-8-12-3-2-4-25-16(12)10-28;3-2(4,5)1(6)7/h2-7,9H,8,10H2,1H3,(H2,24,26)(H,31,32);(H,6,7). The van der Waals surface area contributed by atoms with Crippen molar-refractivity contribution in [1.82, 2.24) is 19.5 Å². The molecule has 0 saturated heterocycles. The number of aromatic nitrogens is 4. The molecule has 0 amide bonds. The molecule has 5 rings (SSSR count). The molecule has 0 fully saturated rings. The first-order chi connectivity index (χ1) is 18.3. The van der Waals surface area contributed by atoms with Gasteiger partial charge in [-0.3, -0.25) is 14.3 Å². The molecule has 202 valence electrons. The van der Waals surface area contributed by atoms with Gasteiger partial charge in [-0.25, -0.2) is 19.6 Å². The number of nitrogens with two attached hydrogens (primary N) is 1. The minimum absolute atomic E-state index is 0.102. The van der Waals surface area contributed by atoms with Crippen molar-refractivity contribution in [3.63, 3.8) is 0 Å². The third kappa shape index (κ3) is 5.45. The van der Waals surface area contributed by atoms with E-state index in [1.807, 2.05) is 24.0 Å². The van der Waals surface area contributed by atoms with Gasteiger partial charge in [0.25, 0.3) is 0 Å². The molecule has 4 aromatic heterocycles. The number of aromatic carboxylic acids is 1. The second kappa shape index (κ2) is 10.2. The first kappa shape index (κ1) is 27.3. The Labute approximate surface area is 221 Å². The van der Waals surface area contributed by atoms with Gasteiger partial charge in [0.1, 0.15) is 11.4 Å². The number of carboxylic acids is 2. The Morgan fingerprint density at radius 3 is 2.44 bits per heavy atom. The molecule has 4 N–H and O–H groups in total. The molecule has 0 spiro atoms. The molecule has 15 heteroatoms. The van der Waals surface area contributed by atoms with Gasteiger partial charge >= 0.3 is 18.1 Å². The normalized spacial score (nSPS) is 12.6. The zero-order valence-electron chi connectivity index (χ0n) is 19.9. The van der Waals surface area contributed by atoms with E-state index in [0.717, 1.165) is 16.8 Å². The van der Waals surface area contributed by atoms with Crippen molar-refractivity contribution in [2.45, 2.75) is 26.2 Å². The van der Waals surface area contributed by atoms with Crippen LogP contribution >= 0.6 is 11.6 Å². The fraction of sp³-hybridized carbons (Fsp3) is 0.167. The van der Waals surface area contributed by atoms with Crippen LogP contribution in [0, 0.1) is 6.92 Å². The highest BCUT2D eigenvalue weighted by molar-refractivity contribution is 6.33. The van der Waals surface area contributed by atoms with Gasteiger partial charge in [0.15, 0.2) is 11.5 Å². The summed E-state index contributed by atoms with van der Waals surface area (Å²) in [5.41, 5.74) is 8.31. The van der Waals surface area contributed by atoms with Crippen molar-refractivity contribution in [1.29, 1.82) is 0 Å². The van der Waals surface area contributed by atoms with Crippen LogP contribution in [0.1, 0.15) is 27.2 Å². The maximum Gasteiger partial charge on any atom is 0.490 e. The summed E-state index contributed by atoms with van der Waals surface area (Å²) in [6.07, 6.45) is -0.566. The molecular formula is C24H18ClF3N6O5. The number of rotatable bonds is 3. The minimum Gasteiger partial charge on any atom is -0.477 e. The van der Waals surface area contributed by atoms with Gasteiger partial charge in [-0.15, -0.1) is 0 Å². The zero-order valence-corrected chi connectivity index (χ0v) is 20.7. The molecular weight excluding hydrogens is 545 g/mol. The third-order valence-corrected chi connectivity index (χ3v) is 6.01. The summed E-state index contributed by atoms with van der Waals surface area (Å²) in [6, 6.07) is 7.01. The summed E-state index contributed by atoms with van der Waals surface area (Å²) < 4.78 is 33.3. The summed E-state index contributed by atoms with van der Waals surface area (Å²) in [5.74, 6) is -3.29. The maximum atomic E-state index is 12.9. The first-order valence-electron chi connectivity index (χ1n) is 11.0. The van der Waals surface area contributed by atoms with Gasteiger partial charge in [0, 0.05) is 18.9 Å². The van der Waals surface area contributed by atoms with Crippen LogP contribution in [0.25, 0.3) is 16.7 Å². The Morgan fingerprint density at radius 2 is 1.85 bits per heavy atom. The van der Waals surface area contributed by atoms with Crippen LogP contribution in [0.5, 0.6) is 0 Å². The van der Waals surface area contributed by atoms with Crippen LogP contribution in [0.2, 0.25) is 5.02 Å². The SMILES string of the molecule is Cc1cc(N)ncc1-n1cc(C(=O)O)c(=O)c2cc(Cl)c(N3Cc4cccnc4C3)nc21.O=C(O)C(F)(F)F. The molecule has 11 nitrogen and oxygen atoms in total. The largest absolute Gasteiger partial charge is 0.490 e. The molecule has 0 bridgehead atoms. The predicted molar refractivity (Wildman–Crippen MR) is 134 cm³/mol. The fourth-order valence-corrected chi connectivity index (χ4v) is 4.22. The highest BCUT2D eigenvalue weighted by Gasteiger charge is 2.38. The summed E-state index contributed by atoms with van der Waals surface area (Å²) in [4.78, 5) is 48.8. The van der Waals surface area contributed by atoms with Crippen molar-refractivity contribution < 1.29 is 33.0 Å². The lowest BCUT2D eigenvalue weighted by atomic mass is 10.1. The molecule has 0 saturated carbocycles. The Balaban J connectivity index is 0.000000448. The molecule has 0 aliphatic carbocycles. The van der Waals surface area contributed by atoms with E-state index >= 15 is 0 Å². The first-order valence-corrected chi connectivity index (χ1v) is 11.3. The predicted octanol–water partition coefficient (Wildman–Crippen LogP) is 3.57. The number of hydrogen-bond acceptors (Lipinski definition) is 8. The highest BCUT2D eigenvalue weighted by atomic mass is 35.5. The average Bonchev–Trinajstić information content (AvgIpc) is 3.28. The number of nitrogen functional groups attached to an aromatic ring is 1.